The van der Waals surface area contributed by atoms with Gasteiger partial charge >= 0.3 is 0 Å². The fourth-order valence-electron chi connectivity index (χ4n) is 1.49. The second kappa shape index (κ2) is 7.69. The molecule has 0 bridgehead atoms. The molecule has 1 aromatic rings. The van der Waals surface area contributed by atoms with Gasteiger partial charge in [0.05, 0.1) is 0 Å². The van der Waals surface area contributed by atoms with Gasteiger partial charge in [-0.2, -0.15) is 0 Å². The van der Waals surface area contributed by atoms with Gasteiger partial charge in [-0.05, 0) is 37.7 Å². The van der Waals surface area contributed by atoms with Crippen molar-refractivity contribution >= 4 is 11.8 Å². The molecule has 1 nitrogen and oxygen atoms in total. The Balaban J connectivity index is 2.34. The molecule has 0 aliphatic heterocycles. The van der Waals surface area contributed by atoms with Crippen LogP contribution in [0.3, 0.4) is 0 Å². The third-order valence-electron chi connectivity index (χ3n) is 2.58. The van der Waals surface area contributed by atoms with Gasteiger partial charge in [-0.15, -0.1) is 11.8 Å². The van der Waals surface area contributed by atoms with E-state index in [1.165, 1.54) is 31.4 Å². The molecule has 0 fully saturated rings. The van der Waals surface area contributed by atoms with Crippen molar-refractivity contribution in [1.29, 1.82) is 0 Å². The minimum atomic E-state index is -0.166. The number of benzene rings is 1. The number of thioether (sulfide) groups is 1. The first-order chi connectivity index (χ1) is 7.76. The maximum Gasteiger partial charge on any atom is 0.123 e. The van der Waals surface area contributed by atoms with E-state index in [4.69, 9.17) is 0 Å². The summed E-state index contributed by atoms with van der Waals surface area (Å²) < 4.78 is 12.7. The Bertz CT molecular complexity index is 286. The highest BCUT2D eigenvalue weighted by Crippen LogP contribution is 2.20. The van der Waals surface area contributed by atoms with E-state index in [-0.39, 0.29) is 5.82 Å². The van der Waals surface area contributed by atoms with Crippen LogP contribution >= 0.6 is 11.8 Å². The van der Waals surface area contributed by atoms with E-state index in [9.17, 15) is 4.39 Å². The lowest BCUT2D eigenvalue weighted by atomic mass is 10.1. The van der Waals surface area contributed by atoms with Crippen LogP contribution in [0.2, 0.25) is 0 Å². The molecule has 0 aliphatic carbocycles. The molecule has 0 saturated heterocycles. The molecule has 1 atom stereocenters. The highest BCUT2D eigenvalue weighted by molar-refractivity contribution is 7.99. The van der Waals surface area contributed by atoms with Gasteiger partial charge < -0.3 is 5.32 Å². The summed E-state index contributed by atoms with van der Waals surface area (Å²) in [5.74, 6) is 0.878. The van der Waals surface area contributed by atoms with E-state index < -0.39 is 0 Å². The first-order valence-corrected chi connectivity index (χ1v) is 6.80. The van der Waals surface area contributed by atoms with Crippen molar-refractivity contribution in [2.75, 3.05) is 12.8 Å². The Hall–Kier alpha value is -0.540. The normalized spacial score (nSPS) is 12.7. The van der Waals surface area contributed by atoms with E-state index in [1.54, 1.807) is 11.8 Å². The van der Waals surface area contributed by atoms with Crippen LogP contribution in [0.25, 0.3) is 0 Å². The zero-order valence-electron chi connectivity index (χ0n) is 10.0. The van der Waals surface area contributed by atoms with Crippen molar-refractivity contribution in [1.82, 2.24) is 5.32 Å². The van der Waals surface area contributed by atoms with Crippen LogP contribution in [0.5, 0.6) is 0 Å². The molecular weight excluding hydrogens is 221 g/mol. The predicted molar refractivity (Wildman–Crippen MR) is 69.5 cm³/mol. The first-order valence-electron chi connectivity index (χ1n) is 5.82. The second-order valence-corrected chi connectivity index (χ2v) is 4.99. The van der Waals surface area contributed by atoms with Crippen LogP contribution in [0.4, 0.5) is 4.39 Å². The second-order valence-electron chi connectivity index (χ2n) is 3.89. The molecular formula is C13H20FNS. The van der Waals surface area contributed by atoms with Crippen LogP contribution in [-0.4, -0.2) is 18.8 Å². The van der Waals surface area contributed by atoms with Gasteiger partial charge in [-0.3, -0.25) is 0 Å². The lowest BCUT2D eigenvalue weighted by Gasteiger charge is -2.15. The van der Waals surface area contributed by atoms with Crippen LogP contribution in [0.15, 0.2) is 29.2 Å². The highest BCUT2D eigenvalue weighted by atomic mass is 32.2. The lowest BCUT2D eigenvalue weighted by Crippen LogP contribution is -2.27. The summed E-state index contributed by atoms with van der Waals surface area (Å²) >= 11 is 1.78. The molecule has 1 aromatic carbocycles. The summed E-state index contributed by atoms with van der Waals surface area (Å²) in [6.45, 7) is 2.21. The molecule has 90 valence electrons. The lowest BCUT2D eigenvalue weighted by molar-refractivity contribution is 0.544. The largest absolute Gasteiger partial charge is 0.316 e. The minimum Gasteiger partial charge on any atom is -0.316 e. The number of rotatable bonds is 7. The average Bonchev–Trinajstić information content (AvgIpc) is 2.32. The molecule has 0 aromatic heterocycles. The third-order valence-corrected chi connectivity index (χ3v) is 3.75. The van der Waals surface area contributed by atoms with E-state index in [1.807, 2.05) is 19.2 Å². The summed E-state index contributed by atoms with van der Waals surface area (Å²) in [5, 5.41) is 3.32. The van der Waals surface area contributed by atoms with Crippen molar-refractivity contribution in [3.63, 3.8) is 0 Å². The SMILES string of the molecule is CCCCC(CSc1ccc(F)cc1)NC. The summed E-state index contributed by atoms with van der Waals surface area (Å²) in [5.41, 5.74) is 0. The predicted octanol–water partition coefficient (Wildman–Crippen LogP) is 3.70. The van der Waals surface area contributed by atoms with Crippen molar-refractivity contribution < 1.29 is 4.39 Å². The van der Waals surface area contributed by atoms with Crippen molar-refractivity contribution in [3.8, 4) is 0 Å². The molecule has 1 N–H and O–H groups in total. The van der Waals surface area contributed by atoms with Crippen LogP contribution in [0.1, 0.15) is 26.2 Å². The Morgan fingerprint density at radius 1 is 1.31 bits per heavy atom. The number of hydrogen-bond donors (Lipinski definition) is 1. The Kier molecular flexibility index (Phi) is 6.50. The molecule has 0 amide bonds. The number of nitrogens with one attached hydrogen (secondary N) is 1. The molecule has 0 radical (unpaired) electrons. The first kappa shape index (κ1) is 13.5. The molecule has 0 heterocycles. The maximum absolute atomic E-state index is 12.7. The number of halogens is 1. The van der Waals surface area contributed by atoms with Gasteiger partial charge in [0.2, 0.25) is 0 Å². The zero-order chi connectivity index (χ0) is 11.8. The van der Waals surface area contributed by atoms with Crippen molar-refractivity contribution in [2.24, 2.45) is 0 Å². The van der Waals surface area contributed by atoms with E-state index in [0.29, 0.717) is 6.04 Å². The van der Waals surface area contributed by atoms with Gasteiger partial charge in [-0.25, -0.2) is 4.39 Å². The maximum atomic E-state index is 12.7. The van der Waals surface area contributed by atoms with Gasteiger partial charge in [0, 0.05) is 16.7 Å². The zero-order valence-corrected chi connectivity index (χ0v) is 10.8. The minimum absolute atomic E-state index is 0.166. The van der Waals surface area contributed by atoms with Crippen molar-refractivity contribution in [2.45, 2.75) is 37.1 Å². The van der Waals surface area contributed by atoms with Gasteiger partial charge in [0.25, 0.3) is 0 Å². The van der Waals surface area contributed by atoms with Gasteiger partial charge in [0.1, 0.15) is 5.82 Å². The molecule has 0 saturated carbocycles. The van der Waals surface area contributed by atoms with Crippen LogP contribution in [-0.2, 0) is 0 Å². The Morgan fingerprint density at radius 3 is 2.56 bits per heavy atom. The Labute approximate surface area is 102 Å². The summed E-state index contributed by atoms with van der Waals surface area (Å²) in [7, 11) is 2.01. The monoisotopic (exact) mass is 241 g/mol. The van der Waals surface area contributed by atoms with Crippen LogP contribution < -0.4 is 5.32 Å². The van der Waals surface area contributed by atoms with Gasteiger partial charge in [-0.1, -0.05) is 19.8 Å². The molecule has 0 aliphatic rings. The molecule has 0 spiro atoms. The highest BCUT2D eigenvalue weighted by Gasteiger charge is 2.05. The smallest absolute Gasteiger partial charge is 0.123 e. The summed E-state index contributed by atoms with van der Waals surface area (Å²) in [6, 6.07) is 7.26. The molecule has 1 unspecified atom stereocenters. The van der Waals surface area contributed by atoms with E-state index in [0.717, 1.165) is 10.6 Å². The quantitative estimate of drug-likeness (QED) is 0.731. The molecule has 3 heteroatoms. The standard InChI is InChI=1S/C13H20FNS/c1-3-4-5-12(15-2)10-16-13-8-6-11(14)7-9-13/h6-9,12,15H,3-5,10H2,1-2H3. The third kappa shape index (κ3) is 4.99. The topological polar surface area (TPSA) is 12.0 Å². The number of hydrogen-bond acceptors (Lipinski definition) is 2. The molecule has 16 heavy (non-hydrogen) atoms. The Morgan fingerprint density at radius 2 is 2.00 bits per heavy atom. The van der Waals surface area contributed by atoms with Crippen molar-refractivity contribution in [3.05, 3.63) is 30.1 Å². The summed E-state index contributed by atoms with van der Waals surface area (Å²) in [6.07, 6.45) is 3.70. The van der Waals surface area contributed by atoms with E-state index >= 15 is 0 Å². The number of unbranched alkanes of at least 4 members (excludes halogenated alkanes) is 1. The summed E-state index contributed by atoms with van der Waals surface area (Å²) in [4.78, 5) is 1.14. The average molecular weight is 241 g/mol. The fourth-order valence-corrected chi connectivity index (χ4v) is 2.54. The molecule has 1 rings (SSSR count). The van der Waals surface area contributed by atoms with E-state index in [2.05, 4.69) is 12.2 Å². The fraction of sp³-hybridized carbons (Fsp3) is 0.538. The van der Waals surface area contributed by atoms with Crippen LogP contribution in [0, 0.1) is 5.82 Å². The van der Waals surface area contributed by atoms with Gasteiger partial charge in [0.15, 0.2) is 0 Å².